The minimum atomic E-state index is -0.874. The van der Waals surface area contributed by atoms with Crippen LogP contribution in [0, 0.1) is 13.8 Å². The molecule has 5 nitrogen and oxygen atoms in total. The number of hydrogen-bond acceptors (Lipinski definition) is 4. The van der Waals surface area contributed by atoms with Gasteiger partial charge in [-0.15, -0.1) is 0 Å². The van der Waals surface area contributed by atoms with Gasteiger partial charge < -0.3 is 10.0 Å². The molecule has 1 aromatic heterocycles. The van der Waals surface area contributed by atoms with Crippen molar-refractivity contribution < 1.29 is 9.90 Å². The monoisotopic (exact) mass is 195 g/mol. The van der Waals surface area contributed by atoms with Crippen molar-refractivity contribution in [2.75, 3.05) is 18.5 Å². The average molecular weight is 195 g/mol. The molecule has 76 valence electrons. The van der Waals surface area contributed by atoms with Gasteiger partial charge in [0.25, 0.3) is 0 Å². The number of aromatic nitrogens is 2. The van der Waals surface area contributed by atoms with Crippen molar-refractivity contribution in [3.05, 3.63) is 17.6 Å². The van der Waals surface area contributed by atoms with Crippen LogP contribution in [0.4, 0.5) is 5.82 Å². The van der Waals surface area contributed by atoms with Crippen molar-refractivity contribution in [3.8, 4) is 0 Å². The van der Waals surface area contributed by atoms with Gasteiger partial charge in [0.2, 0.25) is 0 Å². The summed E-state index contributed by atoms with van der Waals surface area (Å²) in [5.41, 5.74) is 0.838. The van der Waals surface area contributed by atoms with E-state index < -0.39 is 5.97 Å². The van der Waals surface area contributed by atoms with E-state index in [4.69, 9.17) is 5.11 Å². The summed E-state index contributed by atoms with van der Waals surface area (Å²) in [5, 5.41) is 8.60. The largest absolute Gasteiger partial charge is 0.480 e. The highest BCUT2D eigenvalue weighted by atomic mass is 16.4. The first-order valence-corrected chi connectivity index (χ1v) is 4.24. The number of carboxylic acids is 1. The molecule has 1 heterocycles. The van der Waals surface area contributed by atoms with E-state index in [1.807, 2.05) is 6.92 Å². The predicted molar refractivity (Wildman–Crippen MR) is 52.4 cm³/mol. The topological polar surface area (TPSA) is 66.3 Å². The Labute approximate surface area is 82.4 Å². The molecule has 0 radical (unpaired) electrons. The zero-order valence-electron chi connectivity index (χ0n) is 8.48. The van der Waals surface area contributed by atoms with Gasteiger partial charge in [0.05, 0.1) is 0 Å². The molecule has 0 aliphatic rings. The van der Waals surface area contributed by atoms with E-state index in [9.17, 15) is 4.79 Å². The van der Waals surface area contributed by atoms with E-state index in [0.717, 1.165) is 5.69 Å². The lowest BCUT2D eigenvalue weighted by atomic mass is 10.4. The maximum Gasteiger partial charge on any atom is 0.323 e. The molecule has 1 aromatic rings. The summed E-state index contributed by atoms with van der Waals surface area (Å²) in [5.74, 6) is 0.413. The summed E-state index contributed by atoms with van der Waals surface area (Å²) in [6.45, 7) is 3.58. The highest BCUT2D eigenvalue weighted by Crippen LogP contribution is 2.09. The zero-order chi connectivity index (χ0) is 10.7. The van der Waals surface area contributed by atoms with Crippen LogP contribution in [0.2, 0.25) is 0 Å². The van der Waals surface area contributed by atoms with Gasteiger partial charge in [0, 0.05) is 18.8 Å². The first-order chi connectivity index (χ1) is 6.49. The first-order valence-electron chi connectivity index (χ1n) is 4.24. The zero-order valence-corrected chi connectivity index (χ0v) is 8.48. The minimum Gasteiger partial charge on any atom is -0.480 e. The normalized spacial score (nSPS) is 9.93. The second-order valence-electron chi connectivity index (χ2n) is 3.16. The van der Waals surface area contributed by atoms with E-state index in [1.165, 1.54) is 0 Å². The summed E-state index contributed by atoms with van der Waals surface area (Å²) in [6, 6.07) is 1.76. The number of anilines is 1. The molecule has 0 aromatic carbocycles. The number of carbonyl (C=O) groups is 1. The van der Waals surface area contributed by atoms with Crippen LogP contribution in [0.1, 0.15) is 11.5 Å². The summed E-state index contributed by atoms with van der Waals surface area (Å²) >= 11 is 0. The fraction of sp³-hybridized carbons (Fsp3) is 0.444. The Kier molecular flexibility index (Phi) is 3.01. The molecule has 1 rings (SSSR count). The quantitative estimate of drug-likeness (QED) is 0.765. The molecule has 0 bridgehead atoms. The maximum absolute atomic E-state index is 10.5. The molecule has 0 spiro atoms. The Morgan fingerprint density at radius 2 is 2.14 bits per heavy atom. The Morgan fingerprint density at radius 3 is 2.64 bits per heavy atom. The first kappa shape index (κ1) is 10.4. The van der Waals surface area contributed by atoms with Gasteiger partial charge in [-0.2, -0.15) is 0 Å². The van der Waals surface area contributed by atoms with Crippen LogP contribution in [-0.2, 0) is 4.79 Å². The van der Waals surface area contributed by atoms with Crippen molar-refractivity contribution in [3.63, 3.8) is 0 Å². The highest BCUT2D eigenvalue weighted by molar-refractivity contribution is 5.72. The average Bonchev–Trinajstić information content (AvgIpc) is 2.00. The lowest BCUT2D eigenvalue weighted by molar-refractivity contribution is -0.135. The highest BCUT2D eigenvalue weighted by Gasteiger charge is 2.07. The molecular weight excluding hydrogens is 182 g/mol. The molecule has 5 heteroatoms. The van der Waals surface area contributed by atoms with Crippen molar-refractivity contribution in [1.82, 2.24) is 9.97 Å². The van der Waals surface area contributed by atoms with Crippen molar-refractivity contribution in [2.24, 2.45) is 0 Å². The number of rotatable bonds is 3. The Hall–Kier alpha value is -1.65. The molecular formula is C9H13N3O2. The van der Waals surface area contributed by atoms with E-state index in [-0.39, 0.29) is 6.54 Å². The summed E-state index contributed by atoms with van der Waals surface area (Å²) in [7, 11) is 1.69. The van der Waals surface area contributed by atoms with Crippen LogP contribution in [0.3, 0.4) is 0 Å². The molecule has 0 amide bonds. The molecule has 14 heavy (non-hydrogen) atoms. The third-order valence-electron chi connectivity index (χ3n) is 1.72. The fourth-order valence-electron chi connectivity index (χ4n) is 1.18. The number of hydrogen-bond donors (Lipinski definition) is 1. The second-order valence-corrected chi connectivity index (χ2v) is 3.16. The number of likely N-dealkylation sites (N-methyl/N-ethyl adjacent to an activating group) is 1. The lowest BCUT2D eigenvalue weighted by Gasteiger charge is -2.15. The molecule has 0 atom stereocenters. The summed E-state index contributed by atoms with van der Waals surface area (Å²) in [6.07, 6.45) is 0. The van der Waals surface area contributed by atoms with Gasteiger partial charge in [-0.3, -0.25) is 4.79 Å². The van der Waals surface area contributed by atoms with E-state index in [1.54, 1.807) is 24.9 Å². The van der Waals surface area contributed by atoms with Gasteiger partial charge in [0.1, 0.15) is 18.2 Å². The standard InChI is InChI=1S/C9H13N3O2/c1-6-4-8(11-7(2)10-6)12(3)5-9(13)14/h4H,5H2,1-3H3,(H,13,14). The summed E-state index contributed by atoms with van der Waals surface area (Å²) < 4.78 is 0. The van der Waals surface area contributed by atoms with Gasteiger partial charge in [-0.05, 0) is 13.8 Å². The van der Waals surface area contributed by atoms with Crippen molar-refractivity contribution in [1.29, 1.82) is 0 Å². The van der Waals surface area contributed by atoms with Crippen molar-refractivity contribution in [2.45, 2.75) is 13.8 Å². The molecule has 0 aliphatic carbocycles. The van der Waals surface area contributed by atoms with Crippen LogP contribution in [-0.4, -0.2) is 34.6 Å². The SMILES string of the molecule is Cc1cc(N(C)CC(=O)O)nc(C)n1. The van der Waals surface area contributed by atoms with Crippen LogP contribution in [0.5, 0.6) is 0 Å². The van der Waals surface area contributed by atoms with E-state index in [0.29, 0.717) is 11.6 Å². The lowest BCUT2D eigenvalue weighted by Crippen LogP contribution is -2.26. The molecule has 0 saturated heterocycles. The maximum atomic E-state index is 10.5. The summed E-state index contributed by atoms with van der Waals surface area (Å²) in [4.78, 5) is 20.3. The fourth-order valence-corrected chi connectivity index (χ4v) is 1.18. The third kappa shape index (κ3) is 2.69. The predicted octanol–water partition coefficient (Wildman–Crippen LogP) is 0.614. The molecule has 0 aliphatic heterocycles. The van der Waals surface area contributed by atoms with E-state index >= 15 is 0 Å². The minimum absolute atomic E-state index is 0.0596. The molecule has 0 unspecified atom stereocenters. The Bertz CT molecular complexity index is 332. The van der Waals surface area contributed by atoms with Crippen LogP contribution < -0.4 is 4.90 Å². The van der Waals surface area contributed by atoms with Crippen LogP contribution in [0.15, 0.2) is 6.07 Å². The van der Waals surface area contributed by atoms with Gasteiger partial charge in [-0.1, -0.05) is 0 Å². The van der Waals surface area contributed by atoms with Crippen molar-refractivity contribution >= 4 is 11.8 Å². The van der Waals surface area contributed by atoms with E-state index in [2.05, 4.69) is 9.97 Å². The van der Waals surface area contributed by atoms with Gasteiger partial charge in [0.15, 0.2) is 0 Å². The van der Waals surface area contributed by atoms with Crippen LogP contribution in [0.25, 0.3) is 0 Å². The molecule has 0 saturated carbocycles. The van der Waals surface area contributed by atoms with Gasteiger partial charge >= 0.3 is 5.97 Å². The Morgan fingerprint density at radius 1 is 1.50 bits per heavy atom. The Balaban J connectivity index is 2.89. The number of aliphatic carboxylic acids is 1. The van der Waals surface area contributed by atoms with Gasteiger partial charge in [-0.25, -0.2) is 9.97 Å². The number of nitrogens with zero attached hydrogens (tertiary/aromatic N) is 3. The number of carboxylic acid groups (broad SMARTS) is 1. The molecule has 0 fully saturated rings. The second kappa shape index (κ2) is 4.04. The smallest absolute Gasteiger partial charge is 0.323 e. The molecule has 1 N–H and O–H groups in total. The number of aryl methyl sites for hydroxylation is 2. The van der Waals surface area contributed by atoms with Crippen LogP contribution >= 0.6 is 0 Å². The third-order valence-corrected chi connectivity index (χ3v) is 1.72.